The second-order valence-corrected chi connectivity index (χ2v) is 7.82. The van der Waals surface area contributed by atoms with Gasteiger partial charge in [0.15, 0.2) is 0 Å². The zero-order chi connectivity index (χ0) is 18.5. The summed E-state index contributed by atoms with van der Waals surface area (Å²) in [5.41, 5.74) is 0.942. The monoisotopic (exact) mass is 345 g/mol. The molecule has 0 aliphatic rings. The van der Waals surface area contributed by atoms with Crippen molar-refractivity contribution in [2.24, 2.45) is 0 Å². The van der Waals surface area contributed by atoms with Gasteiger partial charge in [-0.25, -0.2) is 0 Å². The Morgan fingerprint density at radius 2 is 1.58 bits per heavy atom. The van der Waals surface area contributed by atoms with Crippen LogP contribution < -0.4 is 5.46 Å². The summed E-state index contributed by atoms with van der Waals surface area (Å²) in [6, 6.07) is 18.4. The third-order valence-corrected chi connectivity index (χ3v) is 5.35. The Kier molecular flexibility index (Phi) is 3.87. The number of benzene rings is 3. The van der Waals surface area contributed by atoms with Crippen LogP contribution >= 0.6 is 0 Å². The predicted octanol–water partition coefficient (Wildman–Crippen LogP) is 4.55. The lowest BCUT2D eigenvalue weighted by molar-refractivity contribution is -0.0893. The van der Waals surface area contributed by atoms with E-state index < -0.39 is 11.2 Å². The van der Waals surface area contributed by atoms with E-state index in [0.717, 1.165) is 32.8 Å². The lowest BCUT2D eigenvalue weighted by Gasteiger charge is -2.37. The summed E-state index contributed by atoms with van der Waals surface area (Å²) < 4.78 is 12.1. The van der Waals surface area contributed by atoms with Crippen molar-refractivity contribution in [3.63, 3.8) is 0 Å². The molecule has 4 aromatic rings. The number of rotatable bonds is 4. The maximum Gasteiger partial charge on any atom is 0.331 e. The summed E-state index contributed by atoms with van der Waals surface area (Å²) in [5, 5.41) is 14.7. The fourth-order valence-corrected chi connectivity index (χ4v) is 2.99. The molecule has 0 spiro atoms. The van der Waals surface area contributed by atoms with Gasteiger partial charge >= 0.3 is 7.48 Å². The Balaban J connectivity index is 1.84. The maximum atomic E-state index is 10.3. The van der Waals surface area contributed by atoms with E-state index >= 15 is 0 Å². The van der Waals surface area contributed by atoms with Gasteiger partial charge in [-0.15, -0.1) is 0 Å². The molecule has 0 unspecified atom stereocenters. The van der Waals surface area contributed by atoms with E-state index in [-0.39, 0.29) is 0 Å². The zero-order valence-corrected chi connectivity index (χ0v) is 15.5. The van der Waals surface area contributed by atoms with Crippen LogP contribution in [0.2, 0.25) is 0 Å². The highest BCUT2D eigenvalue weighted by atomic mass is 16.5. The summed E-state index contributed by atoms with van der Waals surface area (Å²) in [5.74, 6) is 0. The molecule has 1 radical (unpaired) electrons. The standard InChI is InChI=1S/C22H22BO3/c1-21(2,24)22(3,4)26-23-17-10-7-11-18-20(17)16-12-14-8-5-6-9-15(14)13-19(16)25-18/h5-13,24H,1-4H3. The van der Waals surface area contributed by atoms with E-state index in [1.807, 2.05) is 44.2 Å². The van der Waals surface area contributed by atoms with Crippen LogP contribution in [0, 0.1) is 0 Å². The minimum atomic E-state index is -0.966. The highest BCUT2D eigenvalue weighted by Gasteiger charge is 2.36. The fourth-order valence-electron chi connectivity index (χ4n) is 2.99. The summed E-state index contributed by atoms with van der Waals surface area (Å²) in [4.78, 5) is 0. The van der Waals surface area contributed by atoms with E-state index in [0.29, 0.717) is 0 Å². The summed E-state index contributed by atoms with van der Waals surface area (Å²) in [6.07, 6.45) is 0. The largest absolute Gasteiger partial charge is 0.456 e. The Labute approximate surface area is 153 Å². The second-order valence-electron chi connectivity index (χ2n) is 7.82. The van der Waals surface area contributed by atoms with Crippen molar-refractivity contribution in [3.8, 4) is 0 Å². The van der Waals surface area contributed by atoms with Crippen LogP contribution in [-0.4, -0.2) is 23.8 Å². The molecule has 0 saturated heterocycles. The van der Waals surface area contributed by atoms with Crippen molar-refractivity contribution in [1.82, 2.24) is 0 Å². The molecule has 0 aliphatic carbocycles. The molecule has 4 rings (SSSR count). The van der Waals surface area contributed by atoms with E-state index in [2.05, 4.69) is 24.3 Å². The third-order valence-electron chi connectivity index (χ3n) is 5.35. The quantitative estimate of drug-likeness (QED) is 0.552. The molecule has 0 atom stereocenters. The van der Waals surface area contributed by atoms with Gasteiger partial charge in [-0.05, 0) is 62.1 Å². The molecule has 3 nitrogen and oxygen atoms in total. The smallest absolute Gasteiger partial charge is 0.331 e. The highest BCUT2D eigenvalue weighted by Crippen LogP contribution is 2.31. The van der Waals surface area contributed by atoms with Crippen molar-refractivity contribution in [3.05, 3.63) is 54.6 Å². The first-order valence-electron chi connectivity index (χ1n) is 8.84. The Morgan fingerprint density at radius 1 is 0.885 bits per heavy atom. The molecule has 0 saturated carbocycles. The molecule has 0 amide bonds. The topological polar surface area (TPSA) is 42.6 Å². The van der Waals surface area contributed by atoms with Gasteiger partial charge in [-0.3, -0.25) is 0 Å². The van der Waals surface area contributed by atoms with Crippen molar-refractivity contribution in [1.29, 1.82) is 0 Å². The number of hydrogen-bond donors (Lipinski definition) is 1. The fraction of sp³-hybridized carbons (Fsp3) is 0.273. The molecule has 26 heavy (non-hydrogen) atoms. The van der Waals surface area contributed by atoms with Crippen molar-refractivity contribution >= 4 is 45.7 Å². The van der Waals surface area contributed by atoms with Gasteiger partial charge in [-0.2, -0.15) is 0 Å². The van der Waals surface area contributed by atoms with Crippen LogP contribution in [0.1, 0.15) is 27.7 Å². The average Bonchev–Trinajstić information content (AvgIpc) is 2.95. The molecular weight excluding hydrogens is 323 g/mol. The van der Waals surface area contributed by atoms with Gasteiger partial charge in [0.1, 0.15) is 11.2 Å². The normalized spacial score (nSPS) is 13.0. The van der Waals surface area contributed by atoms with Gasteiger partial charge in [0.2, 0.25) is 0 Å². The first-order chi connectivity index (χ1) is 12.3. The maximum absolute atomic E-state index is 10.3. The molecule has 1 N–H and O–H groups in total. The SMILES string of the molecule is CC(C)(O)C(C)(C)O[B]c1cccc2oc3cc4ccccc4cc3c12. The minimum Gasteiger partial charge on any atom is -0.456 e. The molecule has 3 aromatic carbocycles. The van der Waals surface area contributed by atoms with Crippen LogP contribution in [0.4, 0.5) is 0 Å². The number of fused-ring (bicyclic) bond motifs is 4. The van der Waals surface area contributed by atoms with Gasteiger partial charge in [-0.1, -0.05) is 36.4 Å². The van der Waals surface area contributed by atoms with Gasteiger partial charge in [0, 0.05) is 10.8 Å². The molecule has 4 heteroatoms. The van der Waals surface area contributed by atoms with Crippen LogP contribution in [0.15, 0.2) is 59.0 Å². The summed E-state index contributed by atoms with van der Waals surface area (Å²) in [6.45, 7) is 7.26. The van der Waals surface area contributed by atoms with E-state index in [4.69, 9.17) is 9.07 Å². The van der Waals surface area contributed by atoms with Crippen molar-refractivity contribution < 1.29 is 14.2 Å². The van der Waals surface area contributed by atoms with E-state index in [9.17, 15) is 5.11 Å². The van der Waals surface area contributed by atoms with Gasteiger partial charge < -0.3 is 14.2 Å². The predicted molar refractivity (Wildman–Crippen MR) is 108 cm³/mol. The molecular formula is C22H22BO3. The van der Waals surface area contributed by atoms with Gasteiger partial charge in [0.25, 0.3) is 0 Å². The molecule has 1 aromatic heterocycles. The Hall–Kier alpha value is -2.30. The molecule has 131 valence electrons. The van der Waals surface area contributed by atoms with Crippen molar-refractivity contribution in [2.75, 3.05) is 0 Å². The van der Waals surface area contributed by atoms with Gasteiger partial charge in [0.05, 0.1) is 11.2 Å². The lowest BCUT2D eigenvalue weighted by Crippen LogP contribution is -2.49. The van der Waals surface area contributed by atoms with Crippen LogP contribution in [-0.2, 0) is 4.65 Å². The summed E-state index contributed by atoms with van der Waals surface area (Å²) in [7, 11) is 1.73. The highest BCUT2D eigenvalue weighted by molar-refractivity contribution is 6.53. The second kappa shape index (κ2) is 5.87. The molecule has 0 fully saturated rings. The zero-order valence-electron chi connectivity index (χ0n) is 15.5. The van der Waals surface area contributed by atoms with Crippen LogP contribution in [0.5, 0.6) is 0 Å². The minimum absolute atomic E-state index is 0.721. The van der Waals surface area contributed by atoms with Crippen LogP contribution in [0.25, 0.3) is 32.7 Å². The third kappa shape index (κ3) is 2.79. The number of aliphatic hydroxyl groups is 1. The lowest BCUT2D eigenvalue weighted by atomic mass is 9.80. The van der Waals surface area contributed by atoms with E-state index in [1.54, 1.807) is 21.3 Å². The number of furan rings is 1. The first kappa shape index (κ1) is 17.1. The molecule has 0 aliphatic heterocycles. The summed E-state index contributed by atoms with van der Waals surface area (Å²) >= 11 is 0. The van der Waals surface area contributed by atoms with Crippen LogP contribution in [0.3, 0.4) is 0 Å². The first-order valence-corrected chi connectivity index (χ1v) is 8.84. The Bertz CT molecular complexity index is 1100. The molecule has 1 heterocycles. The number of hydrogen-bond acceptors (Lipinski definition) is 3. The Morgan fingerprint density at radius 3 is 2.27 bits per heavy atom. The molecule has 0 bridgehead atoms. The van der Waals surface area contributed by atoms with Crippen molar-refractivity contribution in [2.45, 2.75) is 38.9 Å². The average molecular weight is 345 g/mol. The van der Waals surface area contributed by atoms with E-state index in [1.165, 1.54) is 5.39 Å².